The molecule has 3 nitrogen and oxygen atoms in total. The summed E-state index contributed by atoms with van der Waals surface area (Å²) in [6, 6.07) is 0.760. The highest BCUT2D eigenvalue weighted by molar-refractivity contribution is 9.10. The van der Waals surface area contributed by atoms with Crippen molar-refractivity contribution in [3.05, 3.63) is 33.3 Å². The lowest BCUT2D eigenvalue weighted by Gasteiger charge is -1.99. The van der Waals surface area contributed by atoms with Gasteiger partial charge in [-0.1, -0.05) is 0 Å². The standard InChI is InChI=1S/C8HBrF2O3/c9-5-3(10)1-2-4(6(5)11)8(13)14-7(2)12/h1H. The van der Waals surface area contributed by atoms with Gasteiger partial charge in [0, 0.05) is 0 Å². The van der Waals surface area contributed by atoms with Gasteiger partial charge in [0.2, 0.25) is 0 Å². The third-order valence-corrected chi connectivity index (χ3v) is 2.50. The van der Waals surface area contributed by atoms with E-state index in [1.165, 1.54) is 0 Å². The third-order valence-electron chi connectivity index (χ3n) is 1.77. The smallest absolute Gasteiger partial charge is 0.349 e. The fraction of sp³-hybridized carbons (Fsp3) is 0. The van der Waals surface area contributed by atoms with Crippen LogP contribution in [0.1, 0.15) is 20.7 Å². The predicted molar refractivity (Wildman–Crippen MR) is 43.8 cm³/mol. The van der Waals surface area contributed by atoms with E-state index in [1.807, 2.05) is 0 Å². The van der Waals surface area contributed by atoms with Crippen molar-refractivity contribution in [2.75, 3.05) is 0 Å². The first-order valence-electron chi connectivity index (χ1n) is 3.46. The zero-order valence-corrected chi connectivity index (χ0v) is 8.02. The van der Waals surface area contributed by atoms with E-state index in [0.29, 0.717) is 0 Å². The van der Waals surface area contributed by atoms with Crippen LogP contribution in [0.4, 0.5) is 8.78 Å². The normalized spacial score (nSPS) is 14.2. The molecule has 1 heterocycles. The van der Waals surface area contributed by atoms with E-state index in [4.69, 9.17) is 0 Å². The molecule has 1 aliphatic heterocycles. The Morgan fingerprint density at radius 1 is 1.21 bits per heavy atom. The molecule has 0 saturated carbocycles. The van der Waals surface area contributed by atoms with Gasteiger partial charge in [-0.3, -0.25) is 0 Å². The van der Waals surface area contributed by atoms with Crippen LogP contribution >= 0.6 is 15.9 Å². The molecule has 0 unspecified atom stereocenters. The summed E-state index contributed by atoms with van der Waals surface area (Å²) >= 11 is 2.61. The molecule has 0 saturated heterocycles. The van der Waals surface area contributed by atoms with E-state index in [9.17, 15) is 18.4 Å². The van der Waals surface area contributed by atoms with E-state index < -0.39 is 33.6 Å². The Morgan fingerprint density at radius 2 is 1.86 bits per heavy atom. The van der Waals surface area contributed by atoms with Gasteiger partial charge in [0.25, 0.3) is 0 Å². The number of rotatable bonds is 0. The second-order valence-corrected chi connectivity index (χ2v) is 3.38. The van der Waals surface area contributed by atoms with Crippen LogP contribution in [0.2, 0.25) is 0 Å². The molecule has 2 rings (SSSR count). The van der Waals surface area contributed by atoms with Crippen LogP contribution in [0.25, 0.3) is 0 Å². The average Bonchev–Trinajstić information content (AvgIpc) is 2.38. The summed E-state index contributed by atoms with van der Waals surface area (Å²) in [7, 11) is 0. The number of benzene rings is 1. The number of carbonyl (C=O) groups excluding carboxylic acids is 2. The van der Waals surface area contributed by atoms with Crippen LogP contribution in [0.15, 0.2) is 10.5 Å². The van der Waals surface area contributed by atoms with E-state index in [1.54, 1.807) is 0 Å². The summed E-state index contributed by atoms with van der Waals surface area (Å²) in [4.78, 5) is 21.8. The lowest BCUT2D eigenvalue weighted by molar-refractivity contribution is 0.0442. The first-order chi connectivity index (χ1) is 6.52. The van der Waals surface area contributed by atoms with Crippen LogP contribution < -0.4 is 0 Å². The molecule has 0 N–H and O–H groups in total. The Morgan fingerprint density at radius 3 is 2.50 bits per heavy atom. The average molecular weight is 263 g/mol. The van der Waals surface area contributed by atoms with Crippen LogP contribution in [0.5, 0.6) is 0 Å². The van der Waals surface area contributed by atoms with E-state index in [0.717, 1.165) is 6.07 Å². The highest BCUT2D eigenvalue weighted by atomic mass is 79.9. The maximum absolute atomic E-state index is 13.2. The van der Waals surface area contributed by atoms with Crippen molar-refractivity contribution < 1.29 is 23.1 Å². The van der Waals surface area contributed by atoms with Gasteiger partial charge in [-0.05, 0) is 22.0 Å². The molecule has 0 radical (unpaired) electrons. The highest BCUT2D eigenvalue weighted by Gasteiger charge is 2.35. The third kappa shape index (κ3) is 1.07. The molecular formula is C8HBrF2O3. The van der Waals surface area contributed by atoms with Crippen molar-refractivity contribution in [1.29, 1.82) is 0 Å². The van der Waals surface area contributed by atoms with Crippen LogP contribution in [0, 0.1) is 11.6 Å². The second-order valence-electron chi connectivity index (χ2n) is 2.59. The topological polar surface area (TPSA) is 43.4 Å². The number of cyclic esters (lactones) is 2. The Hall–Kier alpha value is -1.30. The molecule has 72 valence electrons. The minimum Gasteiger partial charge on any atom is -0.386 e. The number of carbonyl (C=O) groups is 2. The zero-order valence-electron chi connectivity index (χ0n) is 6.44. The minimum absolute atomic E-state index is 0.381. The molecule has 1 aromatic carbocycles. The minimum atomic E-state index is -1.11. The number of ether oxygens (including phenoxy) is 1. The van der Waals surface area contributed by atoms with Gasteiger partial charge in [0.05, 0.1) is 10.0 Å². The van der Waals surface area contributed by atoms with Gasteiger partial charge < -0.3 is 4.74 Å². The molecule has 0 fully saturated rings. The van der Waals surface area contributed by atoms with Gasteiger partial charge in [-0.25, -0.2) is 18.4 Å². The summed E-state index contributed by atoms with van der Waals surface area (Å²) in [6.07, 6.45) is 0. The highest BCUT2D eigenvalue weighted by Crippen LogP contribution is 2.30. The van der Waals surface area contributed by atoms with Crippen molar-refractivity contribution in [3.8, 4) is 0 Å². The quantitative estimate of drug-likeness (QED) is 0.408. The lowest BCUT2D eigenvalue weighted by atomic mass is 10.1. The van der Waals surface area contributed by atoms with Crippen molar-refractivity contribution >= 4 is 27.9 Å². The first kappa shape index (κ1) is 9.26. The molecule has 6 heteroatoms. The molecule has 1 aromatic rings. The summed E-state index contributed by atoms with van der Waals surface area (Å²) in [5.74, 6) is -4.19. The molecule has 0 amide bonds. The van der Waals surface area contributed by atoms with Crippen LogP contribution in [-0.4, -0.2) is 11.9 Å². The largest absolute Gasteiger partial charge is 0.386 e. The van der Waals surface area contributed by atoms with Gasteiger partial charge in [-0.2, -0.15) is 0 Å². The van der Waals surface area contributed by atoms with Crippen molar-refractivity contribution in [2.24, 2.45) is 0 Å². The Kier molecular flexibility index (Phi) is 1.88. The van der Waals surface area contributed by atoms with Gasteiger partial charge in [-0.15, -0.1) is 0 Å². The number of fused-ring (bicyclic) bond motifs is 1. The summed E-state index contributed by atoms with van der Waals surface area (Å²) in [5, 5.41) is 0. The molecule has 0 bridgehead atoms. The van der Waals surface area contributed by atoms with Crippen molar-refractivity contribution in [3.63, 3.8) is 0 Å². The molecule has 0 atom stereocenters. The molecule has 1 aliphatic rings. The van der Waals surface area contributed by atoms with Gasteiger partial charge in [0.15, 0.2) is 5.82 Å². The fourth-order valence-electron chi connectivity index (χ4n) is 1.15. The number of hydrogen-bond donors (Lipinski definition) is 0. The number of esters is 2. The Bertz CT molecular complexity index is 470. The second kappa shape index (κ2) is 2.84. The molecule has 0 aromatic heterocycles. The maximum atomic E-state index is 13.2. The van der Waals surface area contributed by atoms with E-state index in [2.05, 4.69) is 20.7 Å². The number of hydrogen-bond acceptors (Lipinski definition) is 3. The number of halogens is 3. The van der Waals surface area contributed by atoms with Crippen LogP contribution in [0.3, 0.4) is 0 Å². The Balaban J connectivity index is 2.82. The van der Waals surface area contributed by atoms with E-state index >= 15 is 0 Å². The Labute approximate surface area is 84.8 Å². The zero-order chi connectivity index (χ0) is 10.5. The van der Waals surface area contributed by atoms with Gasteiger partial charge in [0.1, 0.15) is 11.4 Å². The van der Waals surface area contributed by atoms with Crippen molar-refractivity contribution in [2.45, 2.75) is 0 Å². The van der Waals surface area contributed by atoms with Crippen molar-refractivity contribution in [1.82, 2.24) is 0 Å². The molecule has 0 aliphatic carbocycles. The predicted octanol–water partition coefficient (Wildman–Crippen LogP) is 2.04. The summed E-state index contributed by atoms with van der Waals surface area (Å²) in [6.45, 7) is 0. The van der Waals surface area contributed by atoms with Gasteiger partial charge >= 0.3 is 11.9 Å². The molecule has 14 heavy (non-hydrogen) atoms. The fourth-order valence-corrected chi connectivity index (χ4v) is 1.46. The summed E-state index contributed by atoms with van der Waals surface area (Å²) < 4.78 is 29.8. The lowest BCUT2D eigenvalue weighted by Crippen LogP contribution is -2.00. The SMILES string of the molecule is O=C1OC(=O)c2c1cc(F)c(Br)c2F. The summed E-state index contributed by atoms with van der Waals surface area (Å²) in [5.41, 5.74) is -0.906. The maximum Gasteiger partial charge on any atom is 0.349 e. The molecular weight excluding hydrogens is 262 g/mol. The first-order valence-corrected chi connectivity index (χ1v) is 4.25. The monoisotopic (exact) mass is 262 g/mol. The van der Waals surface area contributed by atoms with E-state index in [-0.39, 0.29) is 5.56 Å². The van der Waals surface area contributed by atoms with Crippen LogP contribution in [-0.2, 0) is 4.74 Å². The molecule has 0 spiro atoms.